The first-order valence-corrected chi connectivity index (χ1v) is 9.01. The second-order valence-electron chi connectivity index (χ2n) is 6.11. The van der Waals surface area contributed by atoms with Crippen molar-refractivity contribution >= 4 is 28.8 Å². The van der Waals surface area contributed by atoms with Gasteiger partial charge in [0.25, 0.3) is 5.91 Å². The van der Waals surface area contributed by atoms with Crippen LogP contribution in [0.1, 0.15) is 58.6 Å². The fourth-order valence-corrected chi connectivity index (χ4v) is 4.85. The van der Waals surface area contributed by atoms with Gasteiger partial charge in [-0.15, -0.1) is 22.9 Å². The standard InChI is InChI=1S/C16H22ClNOS/c17-13-7-6-11(8-13)10-18-16(19)15-9-12-4-2-1-3-5-14(12)20-15/h9,11,13H,1-8,10H2,(H,18,19). The molecule has 0 bridgehead atoms. The molecule has 1 N–H and O–H groups in total. The van der Waals surface area contributed by atoms with Crippen LogP contribution in [0.2, 0.25) is 0 Å². The highest BCUT2D eigenvalue weighted by Gasteiger charge is 2.24. The molecule has 1 saturated carbocycles. The van der Waals surface area contributed by atoms with E-state index in [0.717, 1.165) is 43.5 Å². The van der Waals surface area contributed by atoms with E-state index in [4.69, 9.17) is 11.6 Å². The normalized spacial score (nSPS) is 26.1. The van der Waals surface area contributed by atoms with Gasteiger partial charge in [-0.1, -0.05) is 6.42 Å². The lowest BCUT2D eigenvalue weighted by Gasteiger charge is -2.09. The zero-order chi connectivity index (χ0) is 13.9. The monoisotopic (exact) mass is 311 g/mol. The van der Waals surface area contributed by atoms with Crippen LogP contribution < -0.4 is 5.32 Å². The predicted molar refractivity (Wildman–Crippen MR) is 84.9 cm³/mol. The molecule has 3 rings (SSSR count). The minimum Gasteiger partial charge on any atom is -0.351 e. The van der Waals surface area contributed by atoms with Crippen LogP contribution in [-0.4, -0.2) is 17.8 Å². The van der Waals surface area contributed by atoms with Crippen LogP contribution in [0.5, 0.6) is 0 Å². The molecule has 4 heteroatoms. The molecule has 0 radical (unpaired) electrons. The molecule has 1 aromatic heterocycles. The highest BCUT2D eigenvalue weighted by atomic mass is 35.5. The molecule has 2 nitrogen and oxygen atoms in total. The zero-order valence-electron chi connectivity index (χ0n) is 11.8. The number of amides is 1. The van der Waals surface area contributed by atoms with Gasteiger partial charge in [0.15, 0.2) is 0 Å². The second-order valence-corrected chi connectivity index (χ2v) is 7.86. The summed E-state index contributed by atoms with van der Waals surface area (Å²) >= 11 is 7.81. The van der Waals surface area contributed by atoms with Crippen LogP contribution in [0.15, 0.2) is 6.07 Å². The van der Waals surface area contributed by atoms with Crippen LogP contribution in [0.3, 0.4) is 0 Å². The lowest BCUT2D eigenvalue weighted by atomic mass is 10.1. The van der Waals surface area contributed by atoms with E-state index in [1.165, 1.54) is 29.7 Å². The molecule has 110 valence electrons. The number of carbonyl (C=O) groups is 1. The highest BCUT2D eigenvalue weighted by molar-refractivity contribution is 7.14. The third-order valence-corrected chi connectivity index (χ3v) is 6.13. The van der Waals surface area contributed by atoms with E-state index in [1.54, 1.807) is 11.3 Å². The van der Waals surface area contributed by atoms with Crippen molar-refractivity contribution in [1.29, 1.82) is 0 Å². The second kappa shape index (κ2) is 6.48. The molecular formula is C16H22ClNOS. The Morgan fingerprint density at radius 3 is 2.95 bits per heavy atom. The molecule has 0 aliphatic heterocycles. The maximum atomic E-state index is 12.3. The average Bonchev–Trinajstić information content (AvgIpc) is 2.97. The lowest BCUT2D eigenvalue weighted by molar-refractivity contribution is 0.0951. The topological polar surface area (TPSA) is 29.1 Å². The first-order valence-electron chi connectivity index (χ1n) is 7.76. The van der Waals surface area contributed by atoms with E-state index in [-0.39, 0.29) is 5.91 Å². The van der Waals surface area contributed by atoms with E-state index >= 15 is 0 Å². The van der Waals surface area contributed by atoms with Crippen molar-refractivity contribution in [1.82, 2.24) is 5.32 Å². The summed E-state index contributed by atoms with van der Waals surface area (Å²) in [6.45, 7) is 0.782. The van der Waals surface area contributed by atoms with Crippen molar-refractivity contribution in [3.8, 4) is 0 Å². The number of halogens is 1. The number of alkyl halides is 1. The maximum absolute atomic E-state index is 12.3. The van der Waals surface area contributed by atoms with Crippen molar-refractivity contribution < 1.29 is 4.79 Å². The zero-order valence-corrected chi connectivity index (χ0v) is 13.4. The summed E-state index contributed by atoms with van der Waals surface area (Å²) in [5, 5.41) is 3.41. The number of hydrogen-bond acceptors (Lipinski definition) is 2. The summed E-state index contributed by atoms with van der Waals surface area (Å²) in [6, 6.07) is 2.12. The molecule has 2 aliphatic carbocycles. The van der Waals surface area contributed by atoms with Gasteiger partial charge < -0.3 is 5.32 Å². The van der Waals surface area contributed by atoms with Gasteiger partial charge in [0.2, 0.25) is 0 Å². The van der Waals surface area contributed by atoms with Gasteiger partial charge in [0.05, 0.1) is 4.88 Å². The minimum atomic E-state index is 0.112. The maximum Gasteiger partial charge on any atom is 0.261 e. The average molecular weight is 312 g/mol. The molecule has 2 unspecified atom stereocenters. The van der Waals surface area contributed by atoms with Crippen molar-refractivity contribution in [3.05, 3.63) is 21.4 Å². The molecule has 1 aromatic rings. The van der Waals surface area contributed by atoms with Crippen LogP contribution in [0.4, 0.5) is 0 Å². The van der Waals surface area contributed by atoms with Gasteiger partial charge in [0.1, 0.15) is 0 Å². The first-order chi connectivity index (χ1) is 9.72. The van der Waals surface area contributed by atoms with E-state index in [0.29, 0.717) is 11.3 Å². The van der Waals surface area contributed by atoms with Crippen LogP contribution in [0.25, 0.3) is 0 Å². The number of hydrogen-bond donors (Lipinski definition) is 1. The number of aryl methyl sites for hydroxylation is 2. The third-order valence-electron chi connectivity index (χ3n) is 4.50. The van der Waals surface area contributed by atoms with Crippen molar-refractivity contribution in [3.63, 3.8) is 0 Å². The number of nitrogens with one attached hydrogen (secondary N) is 1. The molecule has 0 spiro atoms. The molecule has 1 heterocycles. The summed E-state index contributed by atoms with van der Waals surface area (Å²) < 4.78 is 0. The number of thiophene rings is 1. The van der Waals surface area contributed by atoms with Gasteiger partial charge in [-0.05, 0) is 62.5 Å². The number of rotatable bonds is 3. The summed E-state index contributed by atoms with van der Waals surface area (Å²) in [7, 11) is 0. The molecule has 2 atom stereocenters. The first kappa shape index (κ1) is 14.4. The summed E-state index contributed by atoms with van der Waals surface area (Å²) in [6.07, 6.45) is 9.45. The molecular weight excluding hydrogens is 290 g/mol. The molecule has 1 fully saturated rings. The molecule has 1 amide bonds. The van der Waals surface area contributed by atoms with E-state index in [9.17, 15) is 4.79 Å². The van der Waals surface area contributed by atoms with E-state index in [2.05, 4.69) is 11.4 Å². The fraction of sp³-hybridized carbons (Fsp3) is 0.688. The van der Waals surface area contributed by atoms with E-state index < -0.39 is 0 Å². The Kier molecular flexibility index (Phi) is 4.67. The SMILES string of the molecule is O=C(NCC1CCC(Cl)C1)c1cc2c(s1)CCCCC2. The van der Waals surface area contributed by atoms with Crippen LogP contribution >= 0.6 is 22.9 Å². The Morgan fingerprint density at radius 1 is 1.30 bits per heavy atom. The largest absolute Gasteiger partial charge is 0.351 e. The summed E-state index contributed by atoms with van der Waals surface area (Å²) in [4.78, 5) is 14.6. The van der Waals surface area contributed by atoms with Gasteiger partial charge in [-0.2, -0.15) is 0 Å². The van der Waals surface area contributed by atoms with Crippen LogP contribution in [-0.2, 0) is 12.8 Å². The third kappa shape index (κ3) is 3.37. The van der Waals surface area contributed by atoms with Gasteiger partial charge in [-0.25, -0.2) is 0 Å². The van der Waals surface area contributed by atoms with Gasteiger partial charge >= 0.3 is 0 Å². The quantitative estimate of drug-likeness (QED) is 0.659. The fourth-order valence-electron chi connectivity index (χ4n) is 3.30. The van der Waals surface area contributed by atoms with Gasteiger partial charge in [0, 0.05) is 16.8 Å². The summed E-state index contributed by atoms with van der Waals surface area (Å²) in [5.74, 6) is 0.681. The Hall–Kier alpha value is -0.540. The minimum absolute atomic E-state index is 0.112. The molecule has 0 aromatic carbocycles. The smallest absolute Gasteiger partial charge is 0.261 e. The molecule has 20 heavy (non-hydrogen) atoms. The highest BCUT2D eigenvalue weighted by Crippen LogP contribution is 2.30. The van der Waals surface area contributed by atoms with Crippen LogP contribution in [0, 0.1) is 5.92 Å². The van der Waals surface area contributed by atoms with Gasteiger partial charge in [-0.3, -0.25) is 4.79 Å². The Balaban J connectivity index is 1.57. The predicted octanol–water partition coefficient (Wildman–Crippen LogP) is 4.15. The Bertz CT molecular complexity index is 461. The van der Waals surface area contributed by atoms with Crippen molar-refractivity contribution in [2.75, 3.05) is 6.54 Å². The molecule has 0 saturated heterocycles. The summed E-state index contributed by atoms with van der Waals surface area (Å²) in [5.41, 5.74) is 1.42. The lowest BCUT2D eigenvalue weighted by Crippen LogP contribution is -2.27. The Labute approximate surface area is 129 Å². The number of carbonyl (C=O) groups excluding carboxylic acids is 1. The molecule has 2 aliphatic rings. The number of fused-ring (bicyclic) bond motifs is 1. The Morgan fingerprint density at radius 2 is 2.15 bits per heavy atom. The van der Waals surface area contributed by atoms with E-state index in [1.807, 2.05) is 0 Å². The van der Waals surface area contributed by atoms with Crippen molar-refractivity contribution in [2.45, 2.75) is 56.7 Å². The van der Waals surface area contributed by atoms with Crippen molar-refractivity contribution in [2.24, 2.45) is 5.92 Å².